The molecular weight excluding hydrogens is 382 g/mol. The largest absolute Gasteiger partial charge is 0.325 e. The molecule has 2 heterocycles. The van der Waals surface area contributed by atoms with Crippen molar-refractivity contribution in [3.05, 3.63) is 35.8 Å². The minimum atomic E-state index is -3.51. The molecule has 1 aliphatic heterocycles. The maximum atomic E-state index is 12.7. The molecule has 0 aliphatic carbocycles. The highest BCUT2D eigenvalue weighted by Crippen LogP contribution is 2.30. The van der Waals surface area contributed by atoms with Gasteiger partial charge in [-0.1, -0.05) is 0 Å². The lowest BCUT2D eigenvalue weighted by Crippen LogP contribution is -2.55. The van der Waals surface area contributed by atoms with Gasteiger partial charge in [0.05, 0.1) is 0 Å². The molecule has 136 valence electrons. The van der Waals surface area contributed by atoms with Crippen LogP contribution in [0.25, 0.3) is 10.6 Å². The highest BCUT2D eigenvalue weighted by atomic mass is 35.5. The van der Waals surface area contributed by atoms with E-state index in [-0.39, 0.29) is 25.2 Å². The number of aromatic nitrogens is 1. The van der Waals surface area contributed by atoms with Crippen molar-refractivity contribution >= 4 is 45.2 Å². The second-order valence-corrected chi connectivity index (χ2v) is 9.11. The number of halogens is 1. The Morgan fingerprint density at radius 2 is 1.88 bits per heavy atom. The molecule has 0 spiro atoms. The predicted octanol–water partition coefficient (Wildman–Crippen LogP) is 2.34. The van der Waals surface area contributed by atoms with Crippen molar-refractivity contribution in [2.45, 2.75) is 17.6 Å². The van der Waals surface area contributed by atoms with E-state index < -0.39 is 20.5 Å². The molecule has 1 aromatic carbocycles. The van der Waals surface area contributed by atoms with Crippen LogP contribution in [0.2, 0.25) is 0 Å². The first-order valence-corrected chi connectivity index (χ1v) is 10.4. The van der Waals surface area contributed by atoms with E-state index in [1.807, 2.05) is 17.5 Å². The van der Waals surface area contributed by atoms with Crippen LogP contribution in [0.1, 0.15) is 12.8 Å². The minimum absolute atomic E-state index is 0. The first kappa shape index (κ1) is 19.8. The lowest BCUT2D eigenvalue weighted by Gasteiger charge is -2.34. The molecule has 0 bridgehead atoms. The van der Waals surface area contributed by atoms with Gasteiger partial charge >= 0.3 is 0 Å². The number of hydrogen-bond acceptors (Lipinski definition) is 6. The van der Waals surface area contributed by atoms with Crippen molar-refractivity contribution in [2.24, 2.45) is 0 Å². The van der Waals surface area contributed by atoms with Crippen molar-refractivity contribution in [1.82, 2.24) is 10.3 Å². The van der Waals surface area contributed by atoms with Crippen LogP contribution in [0.15, 0.2) is 35.8 Å². The zero-order valence-electron chi connectivity index (χ0n) is 13.7. The molecule has 0 saturated carbocycles. The van der Waals surface area contributed by atoms with Crippen LogP contribution in [0.3, 0.4) is 0 Å². The Hall–Kier alpha value is -1.48. The molecule has 2 N–H and O–H groups in total. The maximum Gasteiger partial charge on any atom is 0.245 e. The summed E-state index contributed by atoms with van der Waals surface area (Å²) in [5.41, 5.74) is 1.55. The molecule has 3 rings (SSSR count). The van der Waals surface area contributed by atoms with E-state index in [1.165, 1.54) is 11.3 Å². The monoisotopic (exact) mass is 401 g/mol. The summed E-state index contributed by atoms with van der Waals surface area (Å²) >= 11 is 1.54. The second kappa shape index (κ2) is 7.82. The SMILES string of the molecule is CS(=O)(=O)C1(C(=O)Nc2ccc(-c3nccs3)cc2)CCNCC1.Cl. The topological polar surface area (TPSA) is 88.2 Å². The van der Waals surface area contributed by atoms with Gasteiger partial charge in [-0.05, 0) is 50.2 Å². The van der Waals surface area contributed by atoms with E-state index in [9.17, 15) is 13.2 Å². The van der Waals surface area contributed by atoms with E-state index in [1.54, 1.807) is 18.3 Å². The molecule has 9 heteroatoms. The molecule has 0 unspecified atom stereocenters. The fourth-order valence-corrected chi connectivity index (χ4v) is 4.88. The lowest BCUT2D eigenvalue weighted by molar-refractivity contribution is -0.119. The first-order valence-electron chi connectivity index (χ1n) is 7.64. The molecule has 25 heavy (non-hydrogen) atoms. The second-order valence-electron chi connectivity index (χ2n) is 5.89. The third kappa shape index (κ3) is 4.03. The molecule has 1 amide bonds. The third-order valence-corrected chi connectivity index (χ3v) is 7.19. The Bertz CT molecular complexity index is 815. The van der Waals surface area contributed by atoms with Gasteiger partial charge in [0, 0.05) is 29.1 Å². The van der Waals surface area contributed by atoms with Gasteiger partial charge in [0.2, 0.25) is 5.91 Å². The summed E-state index contributed by atoms with van der Waals surface area (Å²) in [6.45, 7) is 1.03. The van der Waals surface area contributed by atoms with Crippen LogP contribution in [0, 0.1) is 0 Å². The molecule has 1 aliphatic rings. The molecule has 6 nitrogen and oxygen atoms in total. The van der Waals surface area contributed by atoms with Gasteiger partial charge in [0.15, 0.2) is 14.6 Å². The van der Waals surface area contributed by atoms with Gasteiger partial charge in [-0.15, -0.1) is 23.7 Å². The van der Waals surface area contributed by atoms with E-state index in [0.29, 0.717) is 18.8 Å². The smallest absolute Gasteiger partial charge is 0.245 e. The number of sulfone groups is 1. The summed E-state index contributed by atoms with van der Waals surface area (Å²) in [5, 5.41) is 8.67. The molecule has 1 fully saturated rings. The zero-order chi connectivity index (χ0) is 17.2. The number of nitrogens with one attached hydrogen (secondary N) is 2. The van der Waals surface area contributed by atoms with Crippen molar-refractivity contribution in [2.75, 3.05) is 24.7 Å². The number of hydrogen-bond donors (Lipinski definition) is 2. The summed E-state index contributed by atoms with van der Waals surface area (Å²) in [5.74, 6) is -0.450. The average molecular weight is 402 g/mol. The Labute approximate surface area is 157 Å². The van der Waals surface area contributed by atoms with Gasteiger partial charge in [-0.25, -0.2) is 13.4 Å². The van der Waals surface area contributed by atoms with Gasteiger partial charge in [-0.3, -0.25) is 4.79 Å². The van der Waals surface area contributed by atoms with Crippen LogP contribution >= 0.6 is 23.7 Å². The van der Waals surface area contributed by atoms with Crippen LogP contribution in [0.5, 0.6) is 0 Å². The van der Waals surface area contributed by atoms with Crippen molar-refractivity contribution in [3.63, 3.8) is 0 Å². The molecule has 1 aromatic heterocycles. The number of carbonyl (C=O) groups excluding carboxylic acids is 1. The van der Waals surface area contributed by atoms with E-state index in [2.05, 4.69) is 15.6 Å². The zero-order valence-corrected chi connectivity index (χ0v) is 16.1. The summed E-state index contributed by atoms with van der Waals surface area (Å²) < 4.78 is 23.2. The standard InChI is InChI=1S/C16H19N3O3S2.ClH/c1-24(21,22)16(6-8-17-9-7-16)15(20)19-13-4-2-12(3-5-13)14-18-10-11-23-14;/h2-5,10-11,17H,6-9H2,1H3,(H,19,20);1H. The number of piperidine rings is 1. The van der Waals surface area contributed by atoms with Crippen LogP contribution in [-0.4, -0.2) is 43.4 Å². The summed E-state index contributed by atoms with van der Waals surface area (Å²) in [4.78, 5) is 17.0. The number of carbonyl (C=O) groups is 1. The van der Waals surface area contributed by atoms with Gasteiger partial charge in [0.25, 0.3) is 0 Å². The van der Waals surface area contributed by atoms with E-state index in [4.69, 9.17) is 0 Å². The Morgan fingerprint density at radius 3 is 2.40 bits per heavy atom. The Balaban J connectivity index is 0.00000225. The Kier molecular flexibility index (Phi) is 6.21. The Morgan fingerprint density at radius 1 is 1.24 bits per heavy atom. The van der Waals surface area contributed by atoms with Crippen LogP contribution < -0.4 is 10.6 Å². The van der Waals surface area contributed by atoms with E-state index in [0.717, 1.165) is 16.8 Å². The highest BCUT2D eigenvalue weighted by Gasteiger charge is 2.48. The van der Waals surface area contributed by atoms with Crippen molar-refractivity contribution < 1.29 is 13.2 Å². The lowest BCUT2D eigenvalue weighted by atomic mass is 9.95. The number of amides is 1. The van der Waals surface area contributed by atoms with Gasteiger partial charge in [-0.2, -0.15) is 0 Å². The van der Waals surface area contributed by atoms with Gasteiger partial charge < -0.3 is 10.6 Å². The molecular formula is C16H20ClN3O3S2. The van der Waals surface area contributed by atoms with Crippen LogP contribution in [0.4, 0.5) is 5.69 Å². The van der Waals surface area contributed by atoms with E-state index >= 15 is 0 Å². The predicted molar refractivity (Wildman–Crippen MR) is 103 cm³/mol. The first-order chi connectivity index (χ1) is 11.4. The average Bonchev–Trinajstić information content (AvgIpc) is 3.09. The minimum Gasteiger partial charge on any atom is -0.325 e. The fourth-order valence-electron chi connectivity index (χ4n) is 2.90. The summed E-state index contributed by atoms with van der Waals surface area (Å²) in [6.07, 6.45) is 3.45. The van der Waals surface area contributed by atoms with Crippen molar-refractivity contribution in [1.29, 1.82) is 0 Å². The maximum absolute atomic E-state index is 12.7. The molecule has 0 atom stereocenters. The third-order valence-electron chi connectivity index (χ3n) is 4.36. The van der Waals surface area contributed by atoms with Crippen molar-refractivity contribution in [3.8, 4) is 10.6 Å². The molecule has 1 saturated heterocycles. The normalized spacial score (nSPS) is 16.7. The molecule has 0 radical (unpaired) electrons. The summed E-state index contributed by atoms with van der Waals surface area (Å²) in [6, 6.07) is 7.27. The molecule has 2 aromatic rings. The number of benzene rings is 1. The fraction of sp³-hybridized carbons (Fsp3) is 0.375. The van der Waals surface area contributed by atoms with Gasteiger partial charge in [0.1, 0.15) is 5.01 Å². The number of thiazole rings is 1. The number of nitrogens with zero attached hydrogens (tertiary/aromatic N) is 1. The highest BCUT2D eigenvalue weighted by molar-refractivity contribution is 7.92. The van der Waals surface area contributed by atoms with Crippen LogP contribution in [-0.2, 0) is 14.6 Å². The number of rotatable bonds is 4. The summed E-state index contributed by atoms with van der Waals surface area (Å²) in [7, 11) is -3.51. The number of anilines is 1. The quantitative estimate of drug-likeness (QED) is 0.820.